The van der Waals surface area contributed by atoms with Crippen molar-refractivity contribution in [3.05, 3.63) is 63.6 Å². The molecule has 0 radical (unpaired) electrons. The first-order valence-corrected chi connectivity index (χ1v) is 14.3. The number of hydrogen-bond donors (Lipinski definition) is 1. The highest BCUT2D eigenvalue weighted by atomic mass is 32.1. The Kier molecular flexibility index (Phi) is 7.22. The van der Waals surface area contributed by atoms with Crippen molar-refractivity contribution in [3.8, 4) is 16.9 Å². The zero-order valence-electron chi connectivity index (χ0n) is 22.2. The van der Waals surface area contributed by atoms with Crippen LogP contribution in [-0.2, 0) is 23.9 Å². The first kappa shape index (κ1) is 27.0. The van der Waals surface area contributed by atoms with E-state index >= 15 is 0 Å². The number of nitrogens with one attached hydrogen (secondary N) is 1. The van der Waals surface area contributed by atoms with Crippen LogP contribution in [0.25, 0.3) is 11.1 Å². The third-order valence-electron chi connectivity index (χ3n) is 7.87. The first-order chi connectivity index (χ1) is 19.2. The molecule has 0 unspecified atom stereocenters. The van der Waals surface area contributed by atoms with E-state index in [2.05, 4.69) is 21.3 Å². The Morgan fingerprint density at radius 3 is 2.45 bits per heavy atom. The lowest BCUT2D eigenvalue weighted by Gasteiger charge is -2.38. The molecule has 1 N–H and O–H groups in total. The maximum absolute atomic E-state index is 13.4. The number of morpholine rings is 1. The zero-order valence-corrected chi connectivity index (χ0v) is 23.0. The van der Waals surface area contributed by atoms with Crippen LogP contribution in [0.15, 0.2) is 42.5 Å². The van der Waals surface area contributed by atoms with E-state index in [-0.39, 0.29) is 23.1 Å². The molecule has 4 heterocycles. The Hall–Kier alpha value is -3.15. The molecular formula is C29H31F3N4O3S. The summed E-state index contributed by atoms with van der Waals surface area (Å²) in [5.74, 6) is 0.879. The average molecular weight is 573 g/mol. The number of piperidine rings is 1. The van der Waals surface area contributed by atoms with Crippen LogP contribution in [0.1, 0.15) is 34.0 Å². The Morgan fingerprint density at radius 2 is 1.75 bits per heavy atom. The number of likely N-dealkylation sites (tertiary alicyclic amines) is 1. The molecule has 2 fully saturated rings. The molecule has 2 saturated heterocycles. The molecule has 2 aromatic carbocycles. The van der Waals surface area contributed by atoms with E-state index in [1.54, 1.807) is 11.8 Å². The summed E-state index contributed by atoms with van der Waals surface area (Å²) in [6, 6.07) is 13.9. The van der Waals surface area contributed by atoms with E-state index in [9.17, 15) is 18.0 Å². The predicted octanol–water partition coefficient (Wildman–Crippen LogP) is 5.97. The number of amides is 2. The molecule has 7 nitrogen and oxygen atoms in total. The van der Waals surface area contributed by atoms with E-state index in [0.29, 0.717) is 44.4 Å². The van der Waals surface area contributed by atoms with Crippen molar-refractivity contribution in [1.29, 1.82) is 0 Å². The topological polar surface area (TPSA) is 66.9 Å². The zero-order chi connectivity index (χ0) is 27.9. The van der Waals surface area contributed by atoms with Gasteiger partial charge in [-0.1, -0.05) is 18.2 Å². The monoisotopic (exact) mass is 572 g/mol. The molecule has 0 atom stereocenters. The smallest absolute Gasteiger partial charge is 0.434 e. The maximum atomic E-state index is 13.4. The third-order valence-corrected chi connectivity index (χ3v) is 8.83. The Balaban J connectivity index is 1.07. The molecule has 0 aliphatic carbocycles. The lowest BCUT2D eigenvalue weighted by Crippen LogP contribution is -2.47. The van der Waals surface area contributed by atoms with Gasteiger partial charge in [0.05, 0.1) is 23.1 Å². The second-order valence-electron chi connectivity index (χ2n) is 10.7. The number of carbonyl (C=O) groups excluding carboxylic acids is 1. The molecule has 11 heteroatoms. The van der Waals surface area contributed by atoms with Gasteiger partial charge in [-0.05, 0) is 47.9 Å². The fourth-order valence-corrected chi connectivity index (χ4v) is 6.73. The number of carbonyl (C=O) groups is 1. The number of benzene rings is 2. The van der Waals surface area contributed by atoms with Crippen LogP contribution >= 0.6 is 11.3 Å². The molecular weight excluding hydrogens is 541 g/mol. The minimum absolute atomic E-state index is 0.120. The third kappa shape index (κ3) is 5.68. The highest BCUT2D eigenvalue weighted by molar-refractivity contribution is 7.11. The molecule has 3 aromatic rings. The molecule has 2 amide bonds. The molecule has 6 rings (SSSR count). The molecule has 1 spiro atoms. The number of rotatable bonds is 4. The number of thiazole rings is 1. The lowest BCUT2D eigenvalue weighted by atomic mass is 9.86. The van der Waals surface area contributed by atoms with Gasteiger partial charge in [-0.2, -0.15) is 13.2 Å². The van der Waals surface area contributed by atoms with Crippen molar-refractivity contribution >= 4 is 23.1 Å². The molecule has 40 heavy (non-hydrogen) atoms. The Labute approximate surface area is 234 Å². The SMILES string of the molecule is Cc1nc(C(F)(F)F)c(CN2CCC3(CC2)Cc2cc(-c4ccc(NC(=O)N5CCOCC5)cc4)ccc2O3)s1. The molecule has 0 bridgehead atoms. The summed E-state index contributed by atoms with van der Waals surface area (Å²) in [6.45, 7) is 5.52. The van der Waals surface area contributed by atoms with Crippen LogP contribution in [0.5, 0.6) is 5.75 Å². The predicted molar refractivity (Wildman–Crippen MR) is 147 cm³/mol. The van der Waals surface area contributed by atoms with E-state index < -0.39 is 11.9 Å². The number of ether oxygens (including phenoxy) is 2. The van der Waals surface area contributed by atoms with Crippen molar-refractivity contribution in [2.24, 2.45) is 0 Å². The summed E-state index contributed by atoms with van der Waals surface area (Å²) in [5.41, 5.74) is 2.94. The number of halogens is 3. The fraction of sp³-hybridized carbons (Fsp3) is 0.448. The van der Waals surface area contributed by atoms with Gasteiger partial charge >= 0.3 is 12.2 Å². The highest BCUT2D eigenvalue weighted by Gasteiger charge is 2.43. The summed E-state index contributed by atoms with van der Waals surface area (Å²) < 4.78 is 51.9. The van der Waals surface area contributed by atoms with Crippen LogP contribution < -0.4 is 10.1 Å². The minimum Gasteiger partial charge on any atom is -0.487 e. The number of fused-ring (bicyclic) bond motifs is 1. The van der Waals surface area contributed by atoms with E-state index in [1.807, 2.05) is 36.4 Å². The Morgan fingerprint density at radius 1 is 1.05 bits per heavy atom. The van der Waals surface area contributed by atoms with Crippen molar-refractivity contribution in [2.75, 3.05) is 44.7 Å². The normalized spacial score (nSPS) is 18.9. The van der Waals surface area contributed by atoms with Crippen LogP contribution in [-0.4, -0.2) is 65.8 Å². The standard InChI is InChI=1S/C29H31F3N4O3S/c1-19-33-26(29(30,31)32)25(40-19)18-35-10-8-28(9-11-35)17-22-16-21(4-7-24(22)39-28)20-2-5-23(6-3-20)34-27(37)36-12-14-38-15-13-36/h2-7,16H,8-15,17-18H2,1H3,(H,34,37). The maximum Gasteiger partial charge on any atom is 0.434 e. The van der Waals surface area contributed by atoms with Crippen LogP contribution in [0, 0.1) is 6.92 Å². The van der Waals surface area contributed by atoms with E-state index in [0.717, 1.165) is 58.7 Å². The second kappa shape index (κ2) is 10.7. The lowest BCUT2D eigenvalue weighted by molar-refractivity contribution is -0.141. The van der Waals surface area contributed by atoms with E-state index in [4.69, 9.17) is 9.47 Å². The van der Waals surface area contributed by atoms with Crippen molar-refractivity contribution < 1.29 is 27.4 Å². The number of aromatic nitrogens is 1. The summed E-state index contributed by atoms with van der Waals surface area (Å²) in [4.78, 5) is 20.3. The van der Waals surface area contributed by atoms with Crippen molar-refractivity contribution in [3.63, 3.8) is 0 Å². The number of alkyl halides is 3. The Bertz CT molecular complexity index is 1380. The quantitative estimate of drug-likeness (QED) is 0.417. The minimum atomic E-state index is -4.43. The molecule has 0 saturated carbocycles. The summed E-state index contributed by atoms with van der Waals surface area (Å²) in [6.07, 6.45) is -2.13. The number of hydrogen-bond acceptors (Lipinski definition) is 6. The summed E-state index contributed by atoms with van der Waals surface area (Å²) in [5, 5.41) is 3.39. The fourth-order valence-electron chi connectivity index (χ4n) is 5.73. The first-order valence-electron chi connectivity index (χ1n) is 13.5. The van der Waals surface area contributed by atoms with Gasteiger partial charge in [0.15, 0.2) is 5.69 Å². The number of anilines is 1. The average Bonchev–Trinajstić information content (AvgIpc) is 3.50. The number of aryl methyl sites for hydroxylation is 1. The summed E-state index contributed by atoms with van der Waals surface area (Å²) >= 11 is 1.13. The van der Waals surface area contributed by atoms with Crippen molar-refractivity contribution in [1.82, 2.24) is 14.8 Å². The van der Waals surface area contributed by atoms with Gasteiger partial charge in [-0.25, -0.2) is 9.78 Å². The van der Waals surface area contributed by atoms with Crippen LogP contribution in [0.3, 0.4) is 0 Å². The van der Waals surface area contributed by atoms with Gasteiger partial charge in [-0.15, -0.1) is 11.3 Å². The van der Waals surface area contributed by atoms with E-state index in [1.165, 1.54) is 0 Å². The molecule has 3 aliphatic rings. The van der Waals surface area contributed by atoms with Gasteiger partial charge in [-0.3, -0.25) is 4.90 Å². The largest absolute Gasteiger partial charge is 0.487 e. The number of nitrogens with zero attached hydrogens (tertiary/aromatic N) is 3. The van der Waals surface area contributed by atoms with Gasteiger partial charge in [0.25, 0.3) is 0 Å². The highest BCUT2D eigenvalue weighted by Crippen LogP contribution is 2.43. The van der Waals surface area contributed by atoms with Gasteiger partial charge in [0.1, 0.15) is 11.4 Å². The van der Waals surface area contributed by atoms with Crippen LogP contribution in [0.2, 0.25) is 0 Å². The second-order valence-corrected chi connectivity index (χ2v) is 12.0. The number of urea groups is 1. The van der Waals surface area contributed by atoms with Crippen molar-refractivity contribution in [2.45, 2.75) is 44.5 Å². The molecule has 212 valence electrons. The van der Waals surface area contributed by atoms with Gasteiger partial charge < -0.3 is 19.7 Å². The molecule has 1 aromatic heterocycles. The summed E-state index contributed by atoms with van der Waals surface area (Å²) in [7, 11) is 0. The molecule has 3 aliphatic heterocycles. The van der Waals surface area contributed by atoms with Gasteiger partial charge in [0.2, 0.25) is 0 Å². The van der Waals surface area contributed by atoms with Gasteiger partial charge in [0, 0.05) is 57.7 Å². The van der Waals surface area contributed by atoms with Crippen LogP contribution in [0.4, 0.5) is 23.7 Å².